The number of rotatable bonds is 13. The van der Waals surface area contributed by atoms with Crippen molar-refractivity contribution in [1.82, 2.24) is 19.8 Å². The summed E-state index contributed by atoms with van der Waals surface area (Å²) in [5, 5.41) is 35.7. The minimum Gasteiger partial charge on any atom is -0.460 e. The third kappa shape index (κ3) is 22.1. The largest absolute Gasteiger partial charge is 0.460 e. The minimum absolute atomic E-state index is 0.0158. The summed E-state index contributed by atoms with van der Waals surface area (Å²) in [6.07, 6.45) is 20.6. The van der Waals surface area contributed by atoms with Crippen molar-refractivity contribution >= 4 is 69.2 Å². The molecule has 0 radical (unpaired) electrons. The highest BCUT2D eigenvalue weighted by Crippen LogP contribution is 2.64. The number of allylic oxidation sites excluding steroid dienone is 11. The van der Waals surface area contributed by atoms with Crippen molar-refractivity contribution < 1.29 is 100 Å². The number of hydrogen-bond acceptors (Lipinski definition) is 21. The number of aromatic nitrogens is 2. The van der Waals surface area contributed by atoms with Crippen LogP contribution in [0.15, 0.2) is 102 Å². The summed E-state index contributed by atoms with van der Waals surface area (Å²) >= 11 is 1.14. The number of likely N-dealkylation sites (tertiary alicyclic amines) is 1. The normalized spacial score (nSPS) is 35.1. The van der Waals surface area contributed by atoms with Crippen molar-refractivity contribution in [3.05, 3.63) is 113 Å². The number of piperidine rings is 1. The first-order chi connectivity index (χ1) is 56.6. The Morgan fingerprint density at radius 2 is 1.59 bits per heavy atom. The average molecular weight is 1700 g/mol. The van der Waals surface area contributed by atoms with Crippen molar-refractivity contribution in [1.29, 1.82) is 0 Å². The number of halogens is 3. The quantitative estimate of drug-likeness (QED) is 0.0706. The van der Waals surface area contributed by atoms with Gasteiger partial charge in [0.2, 0.25) is 11.7 Å². The van der Waals surface area contributed by atoms with Gasteiger partial charge in [-0.3, -0.25) is 43.9 Å². The Morgan fingerprint density at radius 1 is 0.858 bits per heavy atom. The second-order valence-electron chi connectivity index (χ2n) is 36.0. The number of alkyl halides is 3. The first kappa shape index (κ1) is 96.3. The van der Waals surface area contributed by atoms with Crippen LogP contribution in [0.3, 0.4) is 0 Å². The molecule has 7 fully saturated rings. The number of carbonyl (C=O) groups excluding carboxylic acids is 9. The van der Waals surface area contributed by atoms with Crippen LogP contribution in [-0.4, -0.2) is 202 Å². The van der Waals surface area contributed by atoms with Gasteiger partial charge in [-0.1, -0.05) is 114 Å². The monoisotopic (exact) mass is 1690 g/mol. The number of cyclic esters (lactones) is 1. The van der Waals surface area contributed by atoms with Crippen LogP contribution in [0.1, 0.15) is 210 Å². The number of pyridine rings is 1. The van der Waals surface area contributed by atoms with E-state index < -0.39 is 107 Å². The highest BCUT2D eigenvalue weighted by Gasteiger charge is 2.60. The molecule has 120 heavy (non-hydrogen) atoms. The number of nitrogens with two attached hydrogens (primary N) is 1. The topological polar surface area (TPSA) is 340 Å². The van der Waals surface area contributed by atoms with Crippen molar-refractivity contribution in [2.75, 3.05) is 52.9 Å². The molecule has 4 saturated carbocycles. The molecule has 28 heteroatoms. The zero-order valence-corrected chi connectivity index (χ0v) is 73.5. The van der Waals surface area contributed by atoms with E-state index in [9.17, 15) is 71.6 Å². The Morgan fingerprint density at radius 3 is 2.27 bits per heavy atom. The molecule has 2 bridgehead atoms. The summed E-state index contributed by atoms with van der Waals surface area (Å²) < 4.78 is 75.7. The van der Waals surface area contributed by atoms with Gasteiger partial charge in [0.05, 0.1) is 53.9 Å². The zero-order chi connectivity index (χ0) is 88.3. The van der Waals surface area contributed by atoms with Gasteiger partial charge in [0.25, 0.3) is 11.7 Å². The van der Waals surface area contributed by atoms with Crippen molar-refractivity contribution in [3.63, 3.8) is 0 Å². The molecule has 9 aliphatic rings. The first-order valence-corrected chi connectivity index (χ1v) is 43.6. The molecule has 5 aliphatic carbocycles. The first-order valence-electron chi connectivity index (χ1n) is 42.8. The average Bonchev–Trinajstić information content (AvgIpc) is 1.50. The van der Waals surface area contributed by atoms with E-state index in [1.807, 2.05) is 58.1 Å². The number of methoxy groups -OCH3 is 3. The number of ketones is 5. The number of carbonyl (C=O) groups is 9. The fourth-order valence-corrected chi connectivity index (χ4v) is 20.7. The number of primary amides is 1. The zero-order valence-electron chi connectivity index (χ0n) is 72.7. The number of fused-ring (bicyclic) bond motifs is 8. The van der Waals surface area contributed by atoms with Gasteiger partial charge in [0.15, 0.2) is 16.7 Å². The molecule has 6 heterocycles. The van der Waals surface area contributed by atoms with E-state index in [4.69, 9.17) is 34.2 Å². The number of esters is 1. The van der Waals surface area contributed by atoms with E-state index in [0.29, 0.717) is 122 Å². The van der Waals surface area contributed by atoms with Crippen LogP contribution < -0.4 is 11.1 Å². The lowest BCUT2D eigenvalue weighted by Crippen LogP contribution is -2.61. The van der Waals surface area contributed by atoms with Crippen molar-refractivity contribution in [2.45, 2.75) is 277 Å². The SMILES string of the molecule is C=C1C[C@@H]2[C@H](CC[C@]3(C)C(=O)CC[C@@H]23)[C@@]2(C)C=CC(=O)C=C12.CO[C@H]1C[C@@H]2CC[C@@H](C)[C@@](O)(O2)C(=O)C(=O)N2CCCC[C@H]2C(=O)O[C@H]([C@H](C)C[C@@H]2CC[C@@H](OCCO)[C@H](OC)C2)CC(=O)[C@H](C)/C=C(\C)[C@@H](O)[C@@H](OC)C(=O)[C@H](C)C[C@H](C)/C=C/C=C/C=C/1C.Cc1nc(NC(=O)N2CCC[C@H]2C(N)=O)sc1-c1ccnc(C(C)(C)C(F)(F)F)c1. The number of aryl methyl sites for hydroxylation is 1. The van der Waals surface area contributed by atoms with E-state index in [1.54, 1.807) is 66.2 Å². The van der Waals surface area contributed by atoms with E-state index >= 15 is 0 Å². The third-order valence-electron chi connectivity index (χ3n) is 27.3. The predicted octanol–water partition coefficient (Wildman–Crippen LogP) is 14.1. The van der Waals surface area contributed by atoms with Crippen LogP contribution >= 0.6 is 11.3 Å². The Balaban J connectivity index is 0.000000253. The molecule has 4 aliphatic heterocycles. The Labute approximate surface area is 709 Å². The lowest BCUT2D eigenvalue weighted by molar-refractivity contribution is -0.265. The van der Waals surface area contributed by atoms with Crippen LogP contribution in [0.25, 0.3) is 10.4 Å². The number of thiazole rings is 1. The molecule has 24 nitrogen and oxygen atoms in total. The molecule has 0 unspecified atom stereocenters. The molecule has 2 aromatic heterocycles. The number of urea groups is 1. The summed E-state index contributed by atoms with van der Waals surface area (Å²) in [5.41, 5.74) is 7.57. The number of aliphatic hydroxyl groups excluding tert-OH is 2. The van der Waals surface area contributed by atoms with Gasteiger partial charge in [0.1, 0.15) is 47.4 Å². The summed E-state index contributed by atoms with van der Waals surface area (Å²) in [6.45, 7) is 25.9. The summed E-state index contributed by atoms with van der Waals surface area (Å²) in [4.78, 5) is 131. The fraction of sp³-hybridized carbons (Fsp3) is 0.663. The summed E-state index contributed by atoms with van der Waals surface area (Å²) in [7, 11) is 4.58. The van der Waals surface area contributed by atoms with Gasteiger partial charge in [-0.05, 0) is 219 Å². The maximum Gasteiger partial charge on any atom is 0.399 e. The molecule has 3 saturated heterocycles. The van der Waals surface area contributed by atoms with Gasteiger partial charge in [0, 0.05) is 88.5 Å². The predicted molar refractivity (Wildman–Crippen MR) is 449 cm³/mol. The number of ether oxygens (including phenoxy) is 6. The summed E-state index contributed by atoms with van der Waals surface area (Å²) in [5.74, 6) is -6.38. The molecule has 2 aromatic rings. The van der Waals surface area contributed by atoms with Gasteiger partial charge in [-0.25, -0.2) is 14.6 Å². The second-order valence-corrected chi connectivity index (χ2v) is 37.0. The Hall–Kier alpha value is -7.54. The number of amides is 4. The van der Waals surface area contributed by atoms with Crippen LogP contribution in [0.2, 0.25) is 0 Å². The Bertz CT molecular complexity index is 4240. The van der Waals surface area contributed by atoms with E-state index in [-0.39, 0.29) is 102 Å². The molecule has 4 amide bonds. The van der Waals surface area contributed by atoms with Crippen LogP contribution in [0.4, 0.5) is 23.1 Å². The molecular formula is C92H129F3N6O18S. The highest BCUT2D eigenvalue weighted by molar-refractivity contribution is 7.19. The number of hydrogen-bond donors (Lipinski definition) is 5. The molecule has 0 spiro atoms. The van der Waals surface area contributed by atoms with Crippen molar-refractivity contribution in [3.8, 4) is 10.4 Å². The van der Waals surface area contributed by atoms with Crippen LogP contribution in [0, 0.1) is 71.0 Å². The van der Waals surface area contributed by atoms with Gasteiger partial charge < -0.3 is 59.3 Å². The number of aliphatic hydroxyl groups is 3. The number of nitrogens with one attached hydrogen (secondary N) is 1. The van der Waals surface area contributed by atoms with Gasteiger partial charge in [-0.15, -0.1) is 0 Å². The molecule has 0 aromatic carbocycles. The number of Topliss-reactive ketones (excluding diaryl/α,β-unsaturated/α-hetero) is 4. The van der Waals surface area contributed by atoms with Crippen LogP contribution in [-0.2, 0) is 72.2 Å². The molecule has 6 N–H and O–H groups in total. The maximum absolute atomic E-state index is 14.5. The molecule has 662 valence electrons. The van der Waals surface area contributed by atoms with Crippen molar-refractivity contribution in [2.24, 2.45) is 69.8 Å². The summed E-state index contributed by atoms with van der Waals surface area (Å²) in [6, 6.07) is 0.714. The smallest absolute Gasteiger partial charge is 0.399 e. The lowest BCUT2D eigenvalue weighted by Gasteiger charge is -2.56. The number of anilines is 1. The fourth-order valence-electron chi connectivity index (χ4n) is 19.7. The standard InChI is InChI=1S/C53H83NO14.C20H24O2.C19H22F3N5O2S/c1-32-16-12-11-13-17-33(2)44(63-8)30-40-21-19-38(7)53(62,68-40)50(59)51(60)54-23-15-14-18-41(54)52(61)67-45(35(4)28-39-20-22-43(66-25-24-55)46(29-39)64-9)31-42(56)34(3)27-37(6)48(58)49(65-10)47(57)36(5)26-32;1-12-10-14-15-4-5-18(22)20(15,3)9-7-16(14)19(2)8-6-13(21)11-17(12)19;1-10-14(11-6-7-24-13(9-11)18(2,3)19(20,21)22)30-16(25-10)26-17(29)27-8-4-5-12(27)15(23)28/h11-13,16-17,27,32,34-36,38-41,43-46,48-49,55,58,62H,14-15,18-26,28-31H2,1-10H3;6,8,11,14-16H,1,4-5,7,9-10H2,2-3H3;6-7,9,12H,4-5,8H2,1-3H3,(H2,23,28)(H,25,26,29)/b13-11+,16-12+,33-17+,37-27+;;/t32-,34-,35-,36-,38-,39+,40+,41+,43-,44+,45+,46-,48-,49+,53-;14-,15-,16-,19+,20-;12-/m100/s1. The third-order valence-corrected chi connectivity index (χ3v) is 28.5. The molecule has 21 atom stereocenters. The van der Waals surface area contributed by atoms with Gasteiger partial charge >= 0.3 is 18.2 Å². The lowest BCUT2D eigenvalue weighted by atomic mass is 9.48. The van der Waals surface area contributed by atoms with E-state index in [1.165, 1.54) is 29.2 Å². The number of nitrogens with zero attached hydrogens (tertiary/aromatic N) is 4. The molecular weight excluding hydrogens is 1570 g/mol. The maximum atomic E-state index is 14.5. The Kier molecular flexibility index (Phi) is 33.1. The minimum atomic E-state index is -4.45. The molecule has 11 rings (SSSR count). The second kappa shape index (κ2) is 41.3. The van der Waals surface area contributed by atoms with Crippen LogP contribution in [0.5, 0.6) is 0 Å². The van der Waals surface area contributed by atoms with E-state index in [0.717, 1.165) is 80.4 Å². The van der Waals surface area contributed by atoms with Gasteiger partial charge in [-0.2, -0.15) is 13.2 Å². The highest BCUT2D eigenvalue weighted by atomic mass is 32.1. The van der Waals surface area contributed by atoms with E-state index in [2.05, 4.69) is 41.8 Å².